The predicted molar refractivity (Wildman–Crippen MR) is 242 cm³/mol. The number of hydrogen-bond donors (Lipinski definition) is 4. The van der Waals surface area contributed by atoms with Crippen molar-refractivity contribution >= 4 is 19.9 Å². The highest BCUT2D eigenvalue weighted by molar-refractivity contribution is 7.46. The molecule has 2 rings (SSSR count). The molecule has 6 N–H and O–H groups in total. The minimum absolute atomic E-state index is 0. The molecule has 328 valence electrons. The Hall–Kier alpha value is -1.67. The van der Waals surface area contributed by atoms with Gasteiger partial charge in [0.05, 0.1) is 6.92 Å². The molecule has 1 aromatic rings. The Morgan fingerprint density at radius 1 is 0.714 bits per heavy atom. The third-order valence-electron chi connectivity index (χ3n) is 10.6. The summed E-state index contributed by atoms with van der Waals surface area (Å²) in [5.74, 6) is 1.42. The van der Waals surface area contributed by atoms with Crippen LogP contribution in [0.4, 0.5) is 0 Å². The van der Waals surface area contributed by atoms with Crippen LogP contribution in [0.15, 0.2) is 42.5 Å². The number of hydrogen-bond acceptors (Lipinski definition) is 3. The van der Waals surface area contributed by atoms with Crippen molar-refractivity contribution in [2.24, 2.45) is 0 Å². The fraction of sp³-hybridized carbons (Fsp3) is 0.787. The zero-order valence-electron chi connectivity index (χ0n) is 35.2. The van der Waals surface area contributed by atoms with Crippen LogP contribution in [-0.4, -0.2) is 67.9 Å². The van der Waals surface area contributed by atoms with Gasteiger partial charge in [-0.25, -0.2) is 4.57 Å². The van der Waals surface area contributed by atoms with E-state index in [1.807, 2.05) is 6.08 Å². The van der Waals surface area contributed by atoms with Gasteiger partial charge in [0, 0.05) is 12.0 Å². The number of phosphoric ester groups is 1. The van der Waals surface area contributed by atoms with Gasteiger partial charge >= 0.3 is 13.7 Å². The van der Waals surface area contributed by atoms with Crippen LogP contribution in [0.1, 0.15) is 208 Å². The van der Waals surface area contributed by atoms with E-state index >= 15 is 0 Å². The first-order valence-corrected chi connectivity index (χ1v) is 23.8. The molecule has 8 nitrogen and oxygen atoms in total. The molecule has 2 atom stereocenters. The number of aliphatic hydroxyl groups excluding tert-OH is 1. The van der Waals surface area contributed by atoms with Crippen LogP contribution in [-0.2, 0) is 15.6 Å². The van der Waals surface area contributed by atoms with Crippen LogP contribution in [0.2, 0.25) is 0 Å². The predicted octanol–water partition coefficient (Wildman–Crippen LogP) is 11.8. The molecule has 56 heavy (non-hydrogen) atoms. The fourth-order valence-electron chi connectivity index (χ4n) is 6.97. The summed E-state index contributed by atoms with van der Waals surface area (Å²) in [5, 5.41) is 9.81. The van der Waals surface area contributed by atoms with E-state index in [1.54, 1.807) is 6.08 Å². The second-order valence-corrected chi connectivity index (χ2v) is 16.9. The molecule has 9 heteroatoms. The van der Waals surface area contributed by atoms with E-state index in [-0.39, 0.29) is 21.5 Å². The Bertz CT molecular complexity index is 1150. The maximum Gasteiger partial charge on any atom is 0.469 e. The van der Waals surface area contributed by atoms with Crippen LogP contribution in [0.3, 0.4) is 0 Å². The lowest BCUT2D eigenvalue weighted by Crippen LogP contribution is -2.68. The molecule has 2 unspecified atom stereocenters. The average Bonchev–Trinajstić information content (AvgIpc) is 3.50. The van der Waals surface area contributed by atoms with Gasteiger partial charge in [0.1, 0.15) is 18.8 Å². The van der Waals surface area contributed by atoms with Crippen molar-refractivity contribution in [2.45, 2.75) is 221 Å². The lowest BCUT2D eigenvalue weighted by atomic mass is 10.0. The van der Waals surface area contributed by atoms with Crippen LogP contribution in [0.5, 0.6) is 0 Å². The van der Waals surface area contributed by atoms with E-state index in [0.29, 0.717) is 0 Å². The summed E-state index contributed by atoms with van der Waals surface area (Å²) in [6.45, 7) is 9.82. The van der Waals surface area contributed by atoms with Crippen LogP contribution < -0.4 is 5.73 Å². The van der Waals surface area contributed by atoms with Gasteiger partial charge in [0.25, 0.3) is 0 Å². The van der Waals surface area contributed by atoms with E-state index < -0.39 is 20.0 Å². The Kier molecular flexibility index (Phi) is 39.1. The van der Waals surface area contributed by atoms with Gasteiger partial charge in [-0.1, -0.05) is 212 Å². The second-order valence-electron chi connectivity index (χ2n) is 15.7. The molecule has 0 radical (unpaired) electrons. The first-order valence-electron chi connectivity index (χ1n) is 22.3. The minimum atomic E-state index is -4.49. The van der Waals surface area contributed by atoms with Gasteiger partial charge in [-0.05, 0) is 19.3 Å². The van der Waals surface area contributed by atoms with Crippen molar-refractivity contribution in [1.82, 2.24) is 0 Å². The molecule has 0 saturated heterocycles. The maximum absolute atomic E-state index is 10.6. The number of rotatable bonds is 34. The standard InChI is InChI=1S/C27H46N2.C18H38NO5P.2CH4/c1-3-4-5-6-7-8-9-10-11-12-13-14-15-19-22-28-23-24-29(26(28)2)25-27-20-17-16-18-21-27;1-2-3-4-5-6-7-8-9-10-11-12-13-14-15-18(20)17(19)16-24-25(21,22)23;;/h16-18,20-21,23H,3-15,19,22,24-25H2,1-2H3;14-15,17-18,20H,2-13,16,19H2,1H3,(H2,21,22,23);2*1H4/q+2;;;/p+1/b;15-14+;;. The van der Waals surface area contributed by atoms with Crippen LogP contribution in [0, 0.1) is 0 Å². The lowest BCUT2D eigenvalue weighted by Gasteiger charge is -2.13. The van der Waals surface area contributed by atoms with E-state index in [2.05, 4.69) is 76.7 Å². The Labute approximate surface area is 346 Å². The number of quaternary nitrogens is 1. The van der Waals surface area contributed by atoms with E-state index in [1.165, 1.54) is 172 Å². The summed E-state index contributed by atoms with van der Waals surface area (Å²) in [5.41, 5.74) is 5.05. The number of nitrogens with zero attached hydrogens (tertiary/aromatic N) is 2. The number of unbranched alkanes of at least 4 members (excludes halogenated alkanes) is 24. The summed E-state index contributed by atoms with van der Waals surface area (Å²) in [4.78, 5) is 17.2. The van der Waals surface area contributed by atoms with Gasteiger partial charge in [-0.2, -0.15) is 4.58 Å². The Morgan fingerprint density at radius 3 is 1.59 bits per heavy atom. The van der Waals surface area contributed by atoms with Crippen LogP contribution >= 0.6 is 7.82 Å². The second kappa shape index (κ2) is 38.8. The highest BCUT2D eigenvalue weighted by Crippen LogP contribution is 2.35. The number of allylic oxidation sites excluding steroid dienone is 1. The normalized spacial score (nSPS) is 13.9. The summed E-state index contributed by atoms with van der Waals surface area (Å²) >= 11 is 0. The van der Waals surface area contributed by atoms with Crippen LogP contribution in [0.25, 0.3) is 0 Å². The van der Waals surface area contributed by atoms with E-state index in [0.717, 1.165) is 25.9 Å². The van der Waals surface area contributed by atoms with Gasteiger partial charge in [0.15, 0.2) is 13.1 Å². The van der Waals surface area contributed by atoms with Crippen molar-refractivity contribution in [3.63, 3.8) is 0 Å². The third kappa shape index (κ3) is 33.3. The number of phosphoric acid groups is 1. The van der Waals surface area contributed by atoms with Crippen molar-refractivity contribution in [2.75, 3.05) is 19.7 Å². The molecular weight excluding hydrogens is 718 g/mol. The maximum atomic E-state index is 10.6. The fourth-order valence-corrected chi connectivity index (χ4v) is 7.35. The number of amidine groups is 1. The molecule has 0 bridgehead atoms. The highest BCUT2D eigenvalue weighted by Gasteiger charge is 2.28. The van der Waals surface area contributed by atoms with Crippen molar-refractivity contribution in [1.29, 1.82) is 0 Å². The average molecular weight is 811 g/mol. The Morgan fingerprint density at radius 2 is 1.14 bits per heavy atom. The molecule has 1 aromatic carbocycles. The molecule has 0 saturated carbocycles. The van der Waals surface area contributed by atoms with Gasteiger partial charge in [-0.3, -0.25) is 4.52 Å². The molecular formula is C47H93N3O5P+3. The lowest BCUT2D eigenvalue weighted by molar-refractivity contribution is -0.559. The summed E-state index contributed by atoms with van der Waals surface area (Å²) in [6, 6.07) is 10.2. The number of benzene rings is 1. The molecule has 0 aliphatic carbocycles. The molecule has 1 aliphatic rings. The Balaban J connectivity index is 0. The molecule has 0 spiro atoms. The minimum Gasteiger partial charge on any atom is -0.383 e. The first-order chi connectivity index (χ1) is 26.2. The van der Waals surface area contributed by atoms with Gasteiger partial charge in [0.2, 0.25) is 12.8 Å². The molecule has 0 fully saturated rings. The van der Waals surface area contributed by atoms with E-state index in [4.69, 9.17) is 9.79 Å². The summed E-state index contributed by atoms with van der Waals surface area (Å²) in [6.07, 6.45) is 40.4. The zero-order chi connectivity index (χ0) is 39.5. The zero-order valence-corrected chi connectivity index (χ0v) is 36.1. The molecule has 0 aromatic heterocycles. The quantitative estimate of drug-likeness (QED) is 0.0239. The monoisotopic (exact) mass is 811 g/mol. The molecule has 1 aliphatic heterocycles. The molecule has 1 heterocycles. The van der Waals surface area contributed by atoms with Crippen molar-refractivity contribution in [3.8, 4) is 0 Å². The first kappa shape index (κ1) is 56.4. The van der Waals surface area contributed by atoms with Gasteiger partial charge < -0.3 is 20.6 Å². The largest absolute Gasteiger partial charge is 0.469 e. The SMILES string of the molecule is C.C.CCCCCCCCCCCCC/C=C/C(O)C([NH3+])COP(=O)(O)O.CCCCCCCCCCCCCCCC[N+]1=CC[N+](Cc2ccccc2)=C1C. The summed E-state index contributed by atoms with van der Waals surface area (Å²) < 4.78 is 19.9. The number of aliphatic hydroxyl groups is 1. The topological polar surface area (TPSA) is 121 Å². The smallest absolute Gasteiger partial charge is 0.383 e. The highest BCUT2D eigenvalue weighted by atomic mass is 31.2. The summed E-state index contributed by atoms with van der Waals surface area (Å²) in [7, 11) is -4.49. The molecule has 0 amide bonds. The van der Waals surface area contributed by atoms with Crippen molar-refractivity contribution in [3.05, 3.63) is 48.0 Å². The third-order valence-corrected chi connectivity index (χ3v) is 11.1. The van der Waals surface area contributed by atoms with Crippen molar-refractivity contribution < 1.29 is 38.9 Å². The van der Waals surface area contributed by atoms with E-state index in [9.17, 15) is 9.67 Å². The van der Waals surface area contributed by atoms with Gasteiger partial charge in [-0.15, -0.1) is 4.58 Å².